The van der Waals surface area contributed by atoms with Crippen molar-refractivity contribution < 1.29 is 57.1 Å². The summed E-state index contributed by atoms with van der Waals surface area (Å²) in [4.78, 5) is 0.564. The Bertz CT molecular complexity index is 2950. The average molecular weight is 823 g/mol. The number of furan rings is 1. The fraction of sp³-hybridized carbons (Fsp3) is 0.0909. The van der Waals surface area contributed by atoms with E-state index in [0.717, 1.165) is 0 Å². The average Bonchev–Trinajstić information content (AvgIpc) is 3.88. The Kier molecular flexibility index (Phi) is 7.38. The van der Waals surface area contributed by atoms with Crippen LogP contribution in [0.15, 0.2) is 114 Å². The van der Waals surface area contributed by atoms with Gasteiger partial charge in [-0.05, 0) is 111 Å². The molecule has 0 radical (unpaired) electrons. The SMILES string of the molecule is FC(F)(F)c1cc(C2=c3cc4cc5c(cc4cc3-c3oc4ccccc4c32)=C(c2cc(C(F)(F)F)cc(C(F)(F)F)c2)c2c-5sc3ccccc23)cc(C(F)(F)F)c1. The van der Waals surface area contributed by atoms with E-state index in [0.29, 0.717) is 82.9 Å². The highest BCUT2D eigenvalue weighted by molar-refractivity contribution is 7.22. The molecule has 1 nitrogen and oxygen atoms in total. The van der Waals surface area contributed by atoms with Gasteiger partial charge in [-0.1, -0.05) is 36.4 Å². The fourth-order valence-corrected chi connectivity index (χ4v) is 9.41. The molecule has 2 aliphatic carbocycles. The summed E-state index contributed by atoms with van der Waals surface area (Å²) in [6, 6.07) is 22.8. The Balaban J connectivity index is 1.32. The number of halogens is 12. The lowest BCUT2D eigenvalue weighted by Gasteiger charge is -2.15. The minimum absolute atomic E-state index is 0.0523. The number of alkyl halides is 12. The molecule has 0 fully saturated rings. The van der Waals surface area contributed by atoms with E-state index in [4.69, 9.17) is 4.42 Å². The Labute approximate surface area is 321 Å². The maximum Gasteiger partial charge on any atom is 0.416 e. The van der Waals surface area contributed by atoms with Crippen LogP contribution in [0.4, 0.5) is 52.7 Å². The lowest BCUT2D eigenvalue weighted by atomic mass is 9.93. The molecule has 10 rings (SSSR count). The van der Waals surface area contributed by atoms with E-state index in [-0.39, 0.29) is 50.9 Å². The number of benzene rings is 6. The van der Waals surface area contributed by atoms with Gasteiger partial charge in [0, 0.05) is 48.2 Å². The highest BCUT2D eigenvalue weighted by atomic mass is 32.1. The van der Waals surface area contributed by atoms with Crippen LogP contribution in [0, 0.1) is 0 Å². The number of hydrogen-bond donors (Lipinski definition) is 0. The first-order valence-electron chi connectivity index (χ1n) is 17.3. The van der Waals surface area contributed by atoms with E-state index in [1.54, 1.807) is 72.8 Å². The molecule has 0 unspecified atom stereocenters. The van der Waals surface area contributed by atoms with Gasteiger partial charge >= 0.3 is 24.7 Å². The first kappa shape index (κ1) is 36.3. The lowest BCUT2D eigenvalue weighted by molar-refractivity contribution is -0.144. The van der Waals surface area contributed by atoms with Gasteiger partial charge in [0.05, 0.1) is 22.3 Å². The highest BCUT2D eigenvalue weighted by Crippen LogP contribution is 2.50. The van der Waals surface area contributed by atoms with Gasteiger partial charge in [-0.15, -0.1) is 11.3 Å². The largest absolute Gasteiger partial charge is 0.455 e. The molecule has 0 atom stereocenters. The summed E-state index contributed by atoms with van der Waals surface area (Å²) in [5, 5.41) is 2.52. The van der Waals surface area contributed by atoms with Crippen LogP contribution in [0.1, 0.15) is 44.5 Å². The highest BCUT2D eigenvalue weighted by Gasteiger charge is 2.40. The van der Waals surface area contributed by atoms with Gasteiger partial charge < -0.3 is 4.42 Å². The van der Waals surface area contributed by atoms with Crippen LogP contribution in [-0.2, 0) is 24.7 Å². The van der Waals surface area contributed by atoms with Crippen molar-refractivity contribution in [2.75, 3.05) is 0 Å². The predicted molar refractivity (Wildman–Crippen MR) is 195 cm³/mol. The van der Waals surface area contributed by atoms with Crippen LogP contribution < -0.4 is 10.4 Å². The minimum Gasteiger partial charge on any atom is -0.455 e. The number of hydrogen-bond acceptors (Lipinski definition) is 2. The molecule has 2 aromatic heterocycles. The normalized spacial score (nSPS) is 14.1. The molecule has 58 heavy (non-hydrogen) atoms. The topological polar surface area (TPSA) is 13.1 Å². The molecule has 6 aromatic carbocycles. The molecule has 0 saturated carbocycles. The number of fused-ring (bicyclic) bond motifs is 11. The molecular formula is C44H18F12OS. The number of rotatable bonds is 2. The summed E-state index contributed by atoms with van der Waals surface area (Å²) >= 11 is 1.28. The molecule has 0 N–H and O–H groups in total. The maximum atomic E-state index is 14.2. The van der Waals surface area contributed by atoms with Crippen molar-refractivity contribution >= 4 is 54.3 Å². The quantitative estimate of drug-likeness (QED) is 0.158. The van der Waals surface area contributed by atoms with Crippen LogP contribution in [0.3, 0.4) is 0 Å². The molecule has 0 amide bonds. The molecule has 0 saturated heterocycles. The Morgan fingerprint density at radius 2 is 0.879 bits per heavy atom. The van der Waals surface area contributed by atoms with E-state index < -0.39 is 47.0 Å². The second kappa shape index (κ2) is 11.8. The van der Waals surface area contributed by atoms with Crippen molar-refractivity contribution in [2.45, 2.75) is 24.7 Å². The molecular weight excluding hydrogens is 805 g/mol. The minimum atomic E-state index is -5.13. The van der Waals surface area contributed by atoms with Gasteiger partial charge in [-0.2, -0.15) is 52.7 Å². The number of thiophene rings is 1. The zero-order valence-electron chi connectivity index (χ0n) is 28.7. The second-order valence-electron chi connectivity index (χ2n) is 14.1. The summed E-state index contributed by atoms with van der Waals surface area (Å²) in [5.41, 5.74) is -4.65. The van der Waals surface area contributed by atoms with Gasteiger partial charge in [-0.3, -0.25) is 0 Å². The van der Waals surface area contributed by atoms with Crippen LogP contribution in [0.5, 0.6) is 0 Å². The maximum absolute atomic E-state index is 14.2. The third-order valence-corrected chi connectivity index (χ3v) is 11.8. The van der Waals surface area contributed by atoms with Crippen molar-refractivity contribution in [3.05, 3.63) is 164 Å². The Morgan fingerprint density at radius 3 is 1.41 bits per heavy atom. The van der Waals surface area contributed by atoms with Gasteiger partial charge in [0.1, 0.15) is 11.3 Å². The van der Waals surface area contributed by atoms with Crippen LogP contribution in [0.25, 0.3) is 64.7 Å². The molecule has 0 aliphatic heterocycles. The van der Waals surface area contributed by atoms with Crippen molar-refractivity contribution in [3.8, 4) is 21.8 Å². The standard InChI is InChI=1S/C44H18F12OS/c45-41(46,47)23-9-21(10-24(17-23)42(48,49)50)35-29-13-20-16-32-30(14-19(20)15-31(29)39-37(35)27-5-1-3-7-33(27)57-39)36(38-28-6-2-4-8-34(28)58-40(32)38)22-11-25(43(51,52)53)18-26(12-22)44(54,55)56/h1-18H. The van der Waals surface area contributed by atoms with Crippen LogP contribution >= 0.6 is 11.3 Å². The summed E-state index contributed by atoms with van der Waals surface area (Å²) in [7, 11) is 0. The summed E-state index contributed by atoms with van der Waals surface area (Å²) < 4.78 is 177. The summed E-state index contributed by atoms with van der Waals surface area (Å²) in [6.07, 6.45) is -20.5. The molecule has 2 aliphatic rings. The predicted octanol–water partition coefficient (Wildman–Crippen LogP) is 13.3. The van der Waals surface area contributed by atoms with E-state index in [2.05, 4.69) is 0 Å². The Morgan fingerprint density at radius 1 is 0.431 bits per heavy atom. The second-order valence-corrected chi connectivity index (χ2v) is 15.1. The molecule has 2 heterocycles. The molecule has 290 valence electrons. The van der Waals surface area contributed by atoms with Crippen molar-refractivity contribution in [1.82, 2.24) is 0 Å². The van der Waals surface area contributed by atoms with Crippen molar-refractivity contribution in [3.63, 3.8) is 0 Å². The zero-order chi connectivity index (χ0) is 40.8. The van der Waals surface area contributed by atoms with Gasteiger partial charge in [0.25, 0.3) is 0 Å². The van der Waals surface area contributed by atoms with Gasteiger partial charge in [0.2, 0.25) is 0 Å². The van der Waals surface area contributed by atoms with E-state index >= 15 is 0 Å². The van der Waals surface area contributed by atoms with E-state index in [9.17, 15) is 52.7 Å². The molecule has 0 bridgehead atoms. The third-order valence-electron chi connectivity index (χ3n) is 10.6. The van der Waals surface area contributed by atoms with E-state index in [1.807, 2.05) is 0 Å². The first-order valence-corrected chi connectivity index (χ1v) is 18.1. The monoisotopic (exact) mass is 822 g/mol. The first-order chi connectivity index (χ1) is 27.3. The molecule has 0 spiro atoms. The third kappa shape index (κ3) is 5.48. The zero-order valence-corrected chi connectivity index (χ0v) is 29.6. The fourth-order valence-electron chi connectivity index (χ4n) is 8.17. The van der Waals surface area contributed by atoms with Crippen LogP contribution in [-0.4, -0.2) is 0 Å². The van der Waals surface area contributed by atoms with Gasteiger partial charge in [0.15, 0.2) is 0 Å². The summed E-state index contributed by atoms with van der Waals surface area (Å²) in [6.45, 7) is 0. The molecule has 8 aromatic rings. The summed E-state index contributed by atoms with van der Waals surface area (Å²) in [5.74, 6) is 0.168. The van der Waals surface area contributed by atoms with Gasteiger partial charge in [-0.25, -0.2) is 0 Å². The Hall–Kier alpha value is -6.02. The molecule has 14 heteroatoms. The smallest absolute Gasteiger partial charge is 0.416 e. The van der Waals surface area contributed by atoms with Crippen molar-refractivity contribution in [1.29, 1.82) is 0 Å². The van der Waals surface area contributed by atoms with E-state index in [1.165, 1.54) is 11.3 Å². The lowest BCUT2D eigenvalue weighted by Crippen LogP contribution is -2.14. The van der Waals surface area contributed by atoms with Crippen molar-refractivity contribution in [2.24, 2.45) is 0 Å². The number of para-hydroxylation sites is 1. The van der Waals surface area contributed by atoms with Crippen LogP contribution in [0.2, 0.25) is 0 Å².